The van der Waals surface area contributed by atoms with Crippen molar-refractivity contribution >= 4 is 6.21 Å². The number of hydrogen-bond donors (Lipinski definition) is 2. The average Bonchev–Trinajstić information content (AvgIpc) is 2.92. The van der Waals surface area contributed by atoms with Crippen LogP contribution in [0.4, 0.5) is 0 Å². The molecule has 3 heterocycles. The number of H-pyrrole nitrogens is 1. The third-order valence-electron chi connectivity index (χ3n) is 3.52. The van der Waals surface area contributed by atoms with Gasteiger partial charge < -0.3 is 15.0 Å². The molecule has 2 aliphatic heterocycles. The number of nitrogens with one attached hydrogen (secondary N) is 2. The fourth-order valence-corrected chi connectivity index (χ4v) is 2.28. The molecule has 104 valence electrons. The van der Waals surface area contributed by atoms with Gasteiger partial charge in [0.15, 0.2) is 6.17 Å². The first-order chi connectivity index (χ1) is 9.79. The Bertz CT molecular complexity index is 566. The van der Waals surface area contributed by atoms with Gasteiger partial charge in [-0.15, -0.1) is 0 Å². The molecule has 1 unspecified atom stereocenters. The Hall–Kier alpha value is -2.33. The topological polar surface area (TPSA) is 89.3 Å². The number of aromatic amines is 1. The van der Waals surface area contributed by atoms with Crippen LogP contribution in [0.5, 0.6) is 0 Å². The van der Waals surface area contributed by atoms with Gasteiger partial charge in [-0.1, -0.05) is 0 Å². The van der Waals surface area contributed by atoms with Gasteiger partial charge in [0.05, 0.1) is 19.4 Å². The number of allylic oxidation sites excluding steroid dienone is 1. The summed E-state index contributed by atoms with van der Waals surface area (Å²) in [6.07, 6.45) is 5.02. The normalized spacial score (nSPS) is 22.6. The number of hydrogen-bond acceptors (Lipinski definition) is 6. The van der Waals surface area contributed by atoms with Gasteiger partial charge in [-0.05, 0) is 0 Å². The van der Waals surface area contributed by atoms with Gasteiger partial charge in [-0.25, -0.2) is 0 Å². The van der Waals surface area contributed by atoms with E-state index in [4.69, 9.17) is 4.74 Å². The van der Waals surface area contributed by atoms with Crippen molar-refractivity contribution in [1.82, 2.24) is 20.4 Å². The molecule has 0 spiro atoms. The largest absolute Gasteiger partial charge is 0.381 e. The average molecular weight is 272 g/mol. The standard InChI is InChI=1S/C13H16N6O/c1-19-12(15-3-9-7-20-8-9)10(2-14)4-16-13(19)11-5-17-18-6-11/h4-6,9,13,15H,3,7-8H2,1H3,(H,17,18). The maximum Gasteiger partial charge on any atom is 0.151 e. The summed E-state index contributed by atoms with van der Waals surface area (Å²) in [6.45, 7) is 2.37. The summed E-state index contributed by atoms with van der Waals surface area (Å²) in [5, 5.41) is 19.3. The number of aromatic nitrogens is 2. The van der Waals surface area contributed by atoms with E-state index >= 15 is 0 Å². The van der Waals surface area contributed by atoms with Crippen LogP contribution < -0.4 is 5.32 Å². The number of nitriles is 1. The van der Waals surface area contributed by atoms with E-state index in [0.29, 0.717) is 11.5 Å². The smallest absolute Gasteiger partial charge is 0.151 e. The summed E-state index contributed by atoms with van der Waals surface area (Å²) >= 11 is 0. The highest BCUT2D eigenvalue weighted by Crippen LogP contribution is 2.27. The summed E-state index contributed by atoms with van der Waals surface area (Å²) in [5.74, 6) is 1.32. The molecular formula is C13H16N6O. The van der Waals surface area contributed by atoms with Crippen LogP contribution in [0.1, 0.15) is 11.7 Å². The zero-order chi connectivity index (χ0) is 13.9. The van der Waals surface area contributed by atoms with Crippen molar-refractivity contribution in [3.05, 3.63) is 29.4 Å². The van der Waals surface area contributed by atoms with E-state index in [9.17, 15) is 5.26 Å². The Kier molecular flexibility index (Phi) is 3.39. The third-order valence-corrected chi connectivity index (χ3v) is 3.52. The molecule has 2 aliphatic rings. The van der Waals surface area contributed by atoms with Gasteiger partial charge in [-0.3, -0.25) is 10.1 Å². The van der Waals surface area contributed by atoms with E-state index in [1.54, 1.807) is 12.4 Å². The molecule has 2 N–H and O–H groups in total. The number of aliphatic imine (C=N–C) groups is 1. The van der Waals surface area contributed by atoms with Gasteiger partial charge in [0.2, 0.25) is 0 Å². The molecule has 0 aliphatic carbocycles. The number of nitrogens with zero attached hydrogens (tertiary/aromatic N) is 4. The van der Waals surface area contributed by atoms with Crippen molar-refractivity contribution in [1.29, 1.82) is 5.26 Å². The fraction of sp³-hybridized carbons (Fsp3) is 0.462. The Balaban J connectivity index is 1.77. The van der Waals surface area contributed by atoms with E-state index in [1.807, 2.05) is 18.1 Å². The third kappa shape index (κ3) is 2.26. The molecule has 1 atom stereocenters. The minimum absolute atomic E-state index is 0.161. The lowest BCUT2D eigenvalue weighted by molar-refractivity contribution is -0.0304. The molecule has 0 saturated carbocycles. The van der Waals surface area contributed by atoms with E-state index in [0.717, 1.165) is 31.1 Å². The Morgan fingerprint density at radius 1 is 1.60 bits per heavy atom. The van der Waals surface area contributed by atoms with Crippen LogP contribution in [-0.2, 0) is 4.74 Å². The van der Waals surface area contributed by atoms with Crippen molar-refractivity contribution in [2.45, 2.75) is 6.17 Å². The van der Waals surface area contributed by atoms with Gasteiger partial charge in [0.1, 0.15) is 17.5 Å². The van der Waals surface area contributed by atoms with Crippen LogP contribution in [0.3, 0.4) is 0 Å². The molecule has 0 aromatic carbocycles. The molecule has 1 fully saturated rings. The molecule has 1 aromatic rings. The van der Waals surface area contributed by atoms with Gasteiger partial charge >= 0.3 is 0 Å². The van der Waals surface area contributed by atoms with Crippen molar-refractivity contribution in [3.8, 4) is 6.07 Å². The quantitative estimate of drug-likeness (QED) is 0.828. The lowest BCUT2D eigenvalue weighted by Gasteiger charge is -2.34. The number of ether oxygens (including phenoxy) is 1. The van der Waals surface area contributed by atoms with E-state index in [2.05, 4.69) is 26.6 Å². The second-order valence-corrected chi connectivity index (χ2v) is 4.95. The zero-order valence-electron chi connectivity index (χ0n) is 11.2. The fourth-order valence-electron chi connectivity index (χ4n) is 2.28. The second kappa shape index (κ2) is 5.35. The van der Waals surface area contributed by atoms with E-state index in [1.165, 1.54) is 0 Å². The molecule has 7 heteroatoms. The van der Waals surface area contributed by atoms with Crippen molar-refractivity contribution in [2.24, 2.45) is 10.9 Å². The molecule has 20 heavy (non-hydrogen) atoms. The minimum Gasteiger partial charge on any atom is -0.381 e. The summed E-state index contributed by atoms with van der Waals surface area (Å²) in [6, 6.07) is 2.18. The van der Waals surface area contributed by atoms with Crippen molar-refractivity contribution < 1.29 is 4.74 Å². The molecule has 7 nitrogen and oxygen atoms in total. The lowest BCUT2D eigenvalue weighted by Crippen LogP contribution is -2.41. The predicted molar refractivity (Wildman–Crippen MR) is 72.5 cm³/mol. The lowest BCUT2D eigenvalue weighted by atomic mass is 10.1. The Morgan fingerprint density at radius 2 is 2.45 bits per heavy atom. The molecular weight excluding hydrogens is 256 g/mol. The second-order valence-electron chi connectivity index (χ2n) is 4.95. The predicted octanol–water partition coefficient (Wildman–Crippen LogP) is 0.396. The maximum atomic E-state index is 9.22. The molecule has 0 bridgehead atoms. The maximum absolute atomic E-state index is 9.22. The number of rotatable bonds is 4. The Labute approximate surface area is 116 Å². The molecule has 1 aromatic heterocycles. The first kappa shape index (κ1) is 12.7. The molecule has 0 amide bonds. The minimum atomic E-state index is -0.161. The summed E-state index contributed by atoms with van der Waals surface area (Å²) < 4.78 is 5.16. The van der Waals surface area contributed by atoms with Crippen molar-refractivity contribution in [3.63, 3.8) is 0 Å². The monoisotopic (exact) mass is 272 g/mol. The van der Waals surface area contributed by atoms with Crippen molar-refractivity contribution in [2.75, 3.05) is 26.8 Å². The zero-order valence-corrected chi connectivity index (χ0v) is 11.2. The van der Waals surface area contributed by atoms with Crippen LogP contribution in [0.2, 0.25) is 0 Å². The first-order valence-electron chi connectivity index (χ1n) is 6.50. The van der Waals surface area contributed by atoms with Crippen LogP contribution in [0.15, 0.2) is 28.8 Å². The summed E-state index contributed by atoms with van der Waals surface area (Å²) in [7, 11) is 1.92. The molecule has 0 radical (unpaired) electrons. The van der Waals surface area contributed by atoms with Gasteiger partial charge in [0.25, 0.3) is 0 Å². The van der Waals surface area contributed by atoms with Gasteiger partial charge in [0, 0.05) is 37.5 Å². The molecule has 1 saturated heterocycles. The highest BCUT2D eigenvalue weighted by Gasteiger charge is 2.26. The SMILES string of the molecule is CN1C(NCC2COC2)=C(C#N)C=NC1c1cn[nH]c1. The van der Waals surface area contributed by atoms with Crippen LogP contribution >= 0.6 is 0 Å². The van der Waals surface area contributed by atoms with Crippen LogP contribution in [0, 0.1) is 17.2 Å². The first-order valence-corrected chi connectivity index (χ1v) is 6.50. The highest BCUT2D eigenvalue weighted by atomic mass is 16.5. The van der Waals surface area contributed by atoms with Crippen LogP contribution in [-0.4, -0.2) is 48.1 Å². The van der Waals surface area contributed by atoms with E-state index < -0.39 is 0 Å². The van der Waals surface area contributed by atoms with Gasteiger partial charge in [-0.2, -0.15) is 10.4 Å². The summed E-state index contributed by atoms with van der Waals surface area (Å²) in [4.78, 5) is 6.37. The Morgan fingerprint density at radius 3 is 3.05 bits per heavy atom. The van der Waals surface area contributed by atoms with E-state index in [-0.39, 0.29) is 6.17 Å². The molecule has 3 rings (SSSR count). The van der Waals surface area contributed by atoms with Crippen LogP contribution in [0.25, 0.3) is 0 Å². The highest BCUT2D eigenvalue weighted by molar-refractivity contribution is 5.85. The summed E-state index contributed by atoms with van der Waals surface area (Å²) in [5.41, 5.74) is 1.51.